The van der Waals surface area contributed by atoms with Crippen LogP contribution < -0.4 is 0 Å². The molecule has 1 fully saturated rings. The zero-order chi connectivity index (χ0) is 14.4. The Morgan fingerprint density at radius 1 is 1.11 bits per heavy atom. The predicted octanol–water partition coefficient (Wildman–Crippen LogP) is 2.70. The average Bonchev–Trinajstić information content (AvgIpc) is 2.36. The van der Waals surface area contributed by atoms with Gasteiger partial charge in [-0.2, -0.15) is 0 Å². The van der Waals surface area contributed by atoms with Crippen molar-refractivity contribution in [2.45, 2.75) is 59.7 Å². The van der Waals surface area contributed by atoms with Crippen LogP contribution in [0.15, 0.2) is 0 Å². The quantitative estimate of drug-likeness (QED) is 0.734. The highest BCUT2D eigenvalue weighted by molar-refractivity contribution is 5.78. The zero-order valence-electron chi connectivity index (χ0n) is 12.9. The summed E-state index contributed by atoms with van der Waals surface area (Å²) in [6, 6.07) is 0. The Bertz CT molecular complexity index is 343. The van der Waals surface area contributed by atoms with E-state index in [2.05, 4.69) is 25.7 Å². The topological polar surface area (TPSA) is 29.5 Å². The summed E-state index contributed by atoms with van der Waals surface area (Å²) in [6.45, 7) is 11.7. The number of piperidine rings is 1. The molecule has 1 aliphatic heterocycles. The maximum absolute atomic E-state index is 11.9. The molecule has 0 bridgehead atoms. The fourth-order valence-electron chi connectivity index (χ4n) is 2.18. The summed E-state index contributed by atoms with van der Waals surface area (Å²) in [5, 5.41) is 0. The van der Waals surface area contributed by atoms with E-state index in [-0.39, 0.29) is 24.0 Å². The van der Waals surface area contributed by atoms with Gasteiger partial charge < -0.3 is 9.64 Å². The van der Waals surface area contributed by atoms with Crippen LogP contribution in [0.1, 0.15) is 47.5 Å². The Labute approximate surface area is 117 Å². The lowest BCUT2D eigenvalue weighted by atomic mass is 10.1. The van der Waals surface area contributed by atoms with E-state index in [1.54, 1.807) is 0 Å². The van der Waals surface area contributed by atoms with Crippen LogP contribution in [-0.4, -0.2) is 36.1 Å². The zero-order valence-corrected chi connectivity index (χ0v) is 12.9. The highest BCUT2D eigenvalue weighted by Crippen LogP contribution is 2.17. The number of carbonyl (C=O) groups excluding carboxylic acids is 1. The van der Waals surface area contributed by atoms with Gasteiger partial charge in [0.1, 0.15) is 6.10 Å². The van der Waals surface area contributed by atoms with E-state index in [9.17, 15) is 4.79 Å². The smallest absolute Gasteiger partial charge is 0.225 e. The van der Waals surface area contributed by atoms with Gasteiger partial charge >= 0.3 is 0 Å². The number of hydrogen-bond acceptors (Lipinski definition) is 2. The van der Waals surface area contributed by atoms with E-state index in [1.165, 1.54) is 0 Å². The van der Waals surface area contributed by atoms with Crippen LogP contribution in [0.2, 0.25) is 0 Å². The fraction of sp³-hybridized carbons (Fsp3) is 0.812. The molecule has 1 unspecified atom stereocenters. The number of hydrogen-bond donors (Lipinski definition) is 0. The first-order valence-electron chi connectivity index (χ1n) is 7.35. The molecule has 1 aliphatic rings. The number of amides is 1. The second-order valence-electron chi connectivity index (χ2n) is 5.90. The Morgan fingerprint density at radius 2 is 1.68 bits per heavy atom. The molecule has 0 aromatic heterocycles. The predicted molar refractivity (Wildman–Crippen MR) is 77.6 cm³/mol. The molecule has 0 radical (unpaired) electrons. The van der Waals surface area contributed by atoms with Gasteiger partial charge in [0, 0.05) is 24.9 Å². The molecule has 1 saturated heterocycles. The minimum Gasteiger partial charge on any atom is -0.362 e. The molecule has 3 heteroatoms. The molecule has 0 saturated carbocycles. The molecule has 0 spiro atoms. The van der Waals surface area contributed by atoms with Gasteiger partial charge in [-0.15, -0.1) is 0 Å². The van der Waals surface area contributed by atoms with Crippen molar-refractivity contribution < 1.29 is 9.53 Å². The normalized spacial score (nSPS) is 18.4. The van der Waals surface area contributed by atoms with Crippen molar-refractivity contribution in [1.82, 2.24) is 4.90 Å². The average molecular weight is 265 g/mol. The van der Waals surface area contributed by atoms with Crippen LogP contribution in [0.25, 0.3) is 0 Å². The van der Waals surface area contributed by atoms with Crippen LogP contribution in [0.5, 0.6) is 0 Å². The Morgan fingerprint density at radius 3 is 2.16 bits per heavy atom. The first-order valence-corrected chi connectivity index (χ1v) is 7.35. The third-order valence-corrected chi connectivity index (χ3v) is 3.22. The van der Waals surface area contributed by atoms with Crippen LogP contribution in [-0.2, 0) is 9.53 Å². The minimum atomic E-state index is -0.0141. The van der Waals surface area contributed by atoms with E-state index in [0.29, 0.717) is 5.92 Å². The standard InChI is InChI=1S/C16H27NO2/c1-12(2)6-7-14(5)19-15-8-10-17(11-9-15)16(18)13(3)4/h12-15H,8-11H2,1-5H3. The van der Waals surface area contributed by atoms with Gasteiger partial charge in [-0.1, -0.05) is 39.5 Å². The molecular weight excluding hydrogens is 238 g/mol. The van der Waals surface area contributed by atoms with Crippen LogP contribution >= 0.6 is 0 Å². The van der Waals surface area contributed by atoms with Crippen molar-refractivity contribution in [3.05, 3.63) is 0 Å². The van der Waals surface area contributed by atoms with Crippen molar-refractivity contribution >= 4 is 5.91 Å². The number of carbonyl (C=O) groups is 1. The molecule has 1 heterocycles. The van der Waals surface area contributed by atoms with Crippen molar-refractivity contribution in [2.75, 3.05) is 13.1 Å². The molecule has 1 rings (SSSR count). The molecule has 0 N–H and O–H groups in total. The second-order valence-corrected chi connectivity index (χ2v) is 5.90. The summed E-state index contributed by atoms with van der Waals surface area (Å²) < 4.78 is 5.92. The van der Waals surface area contributed by atoms with E-state index in [4.69, 9.17) is 4.74 Å². The highest BCUT2D eigenvalue weighted by atomic mass is 16.5. The third-order valence-electron chi connectivity index (χ3n) is 3.22. The molecule has 1 atom stereocenters. The summed E-state index contributed by atoms with van der Waals surface area (Å²) in [6.07, 6.45) is 2.07. The van der Waals surface area contributed by atoms with E-state index in [0.717, 1.165) is 25.9 Å². The third kappa shape index (κ3) is 5.65. The van der Waals surface area contributed by atoms with Crippen LogP contribution in [0.3, 0.4) is 0 Å². The molecule has 19 heavy (non-hydrogen) atoms. The number of ether oxygens (including phenoxy) is 1. The van der Waals surface area contributed by atoms with Gasteiger partial charge in [0.25, 0.3) is 0 Å². The molecule has 0 aromatic rings. The van der Waals surface area contributed by atoms with E-state index in [1.807, 2.05) is 25.7 Å². The lowest BCUT2D eigenvalue weighted by molar-refractivity contribution is -0.137. The first kappa shape index (κ1) is 16.0. The minimum absolute atomic E-state index is 0.0141. The summed E-state index contributed by atoms with van der Waals surface area (Å²) >= 11 is 0. The number of rotatable bonds is 3. The van der Waals surface area contributed by atoms with E-state index >= 15 is 0 Å². The summed E-state index contributed by atoms with van der Waals surface area (Å²) in [4.78, 5) is 13.8. The van der Waals surface area contributed by atoms with Crippen molar-refractivity contribution in [3.63, 3.8) is 0 Å². The number of likely N-dealkylation sites (tertiary alicyclic amines) is 1. The molecule has 108 valence electrons. The van der Waals surface area contributed by atoms with Gasteiger partial charge in [-0.25, -0.2) is 0 Å². The van der Waals surface area contributed by atoms with Crippen molar-refractivity contribution in [1.29, 1.82) is 0 Å². The summed E-state index contributed by atoms with van der Waals surface area (Å²) in [5.41, 5.74) is 0. The van der Waals surface area contributed by atoms with Crippen molar-refractivity contribution in [2.24, 2.45) is 11.8 Å². The molecular formula is C16H27NO2. The highest BCUT2D eigenvalue weighted by Gasteiger charge is 2.25. The van der Waals surface area contributed by atoms with Gasteiger partial charge in [0.05, 0.1) is 6.10 Å². The Balaban J connectivity index is 2.35. The molecule has 0 aliphatic carbocycles. The van der Waals surface area contributed by atoms with Crippen LogP contribution in [0, 0.1) is 23.7 Å². The van der Waals surface area contributed by atoms with E-state index < -0.39 is 0 Å². The maximum Gasteiger partial charge on any atom is 0.225 e. The monoisotopic (exact) mass is 265 g/mol. The lowest BCUT2D eigenvalue weighted by Gasteiger charge is -2.33. The lowest BCUT2D eigenvalue weighted by Crippen LogP contribution is -2.43. The maximum atomic E-state index is 11.9. The van der Waals surface area contributed by atoms with Crippen molar-refractivity contribution in [3.8, 4) is 11.8 Å². The van der Waals surface area contributed by atoms with Gasteiger partial charge in [-0.05, 0) is 19.8 Å². The second kappa shape index (κ2) is 7.55. The SMILES string of the molecule is CC(C)C#CC(C)OC1CCN(C(=O)C(C)C)CC1. The summed E-state index contributed by atoms with van der Waals surface area (Å²) in [7, 11) is 0. The Hall–Kier alpha value is -1.01. The molecule has 3 nitrogen and oxygen atoms in total. The molecule has 1 amide bonds. The first-order chi connectivity index (χ1) is 8.90. The van der Waals surface area contributed by atoms with Gasteiger partial charge in [-0.3, -0.25) is 4.79 Å². The van der Waals surface area contributed by atoms with Gasteiger partial charge in [0.2, 0.25) is 5.91 Å². The number of nitrogens with zero attached hydrogens (tertiary/aromatic N) is 1. The fourth-order valence-corrected chi connectivity index (χ4v) is 2.18. The van der Waals surface area contributed by atoms with Crippen LogP contribution in [0.4, 0.5) is 0 Å². The van der Waals surface area contributed by atoms with Gasteiger partial charge in [0.15, 0.2) is 0 Å². The Kier molecular flexibility index (Phi) is 6.37. The summed E-state index contributed by atoms with van der Waals surface area (Å²) in [5.74, 6) is 7.00. The largest absolute Gasteiger partial charge is 0.362 e. The molecule has 0 aromatic carbocycles.